The largest absolute Gasteiger partial charge is 0.497 e. The number of benzene rings is 3. The van der Waals surface area contributed by atoms with Crippen LogP contribution in [0.25, 0.3) is 6.08 Å². The van der Waals surface area contributed by atoms with E-state index in [-0.39, 0.29) is 23.8 Å². The van der Waals surface area contributed by atoms with E-state index < -0.39 is 23.7 Å². The molecule has 0 atom stereocenters. The third-order valence-corrected chi connectivity index (χ3v) is 5.10. The molecular weight excluding hydrogens is 469 g/mol. The van der Waals surface area contributed by atoms with Crippen molar-refractivity contribution in [3.8, 4) is 11.5 Å². The van der Waals surface area contributed by atoms with Gasteiger partial charge in [-0.05, 0) is 72.3 Å². The Labute approximate surface area is 205 Å². The number of amides is 5. The van der Waals surface area contributed by atoms with Crippen LogP contribution in [0.15, 0.2) is 78.4 Å². The maximum atomic E-state index is 13.3. The standard InChI is InChI=1S/C26H20FN3O6/c1-35-20-11-7-18(8-12-20)28-23(31)15-36-21-4-2-3-16(13-21)14-22-24(32)29-26(34)30(25(22)33)19-9-5-17(27)6-10-19/h2-14H,15H2,1H3,(H,28,31)(H,29,32,34)/b22-14+. The first kappa shape index (κ1) is 24.1. The van der Waals surface area contributed by atoms with Crippen LogP contribution in [0.5, 0.6) is 11.5 Å². The number of urea groups is 1. The summed E-state index contributed by atoms with van der Waals surface area (Å²) in [7, 11) is 1.54. The van der Waals surface area contributed by atoms with Crippen LogP contribution in [0.3, 0.4) is 0 Å². The van der Waals surface area contributed by atoms with E-state index in [1.165, 1.54) is 24.3 Å². The number of hydrogen-bond acceptors (Lipinski definition) is 6. The first-order valence-electron chi connectivity index (χ1n) is 10.7. The van der Waals surface area contributed by atoms with E-state index in [0.717, 1.165) is 17.0 Å². The smallest absolute Gasteiger partial charge is 0.335 e. The molecule has 1 aliphatic rings. The van der Waals surface area contributed by atoms with Gasteiger partial charge in [0.1, 0.15) is 22.9 Å². The molecule has 4 rings (SSSR count). The lowest BCUT2D eigenvalue weighted by Gasteiger charge is -2.26. The predicted molar refractivity (Wildman–Crippen MR) is 129 cm³/mol. The summed E-state index contributed by atoms with van der Waals surface area (Å²) in [6.07, 6.45) is 1.30. The Morgan fingerprint density at radius 1 is 1.00 bits per heavy atom. The normalized spacial score (nSPS) is 14.4. The van der Waals surface area contributed by atoms with Gasteiger partial charge in [0.15, 0.2) is 6.61 Å². The second-order valence-corrected chi connectivity index (χ2v) is 7.57. The predicted octanol–water partition coefficient (Wildman–Crippen LogP) is 3.52. The maximum Gasteiger partial charge on any atom is 0.335 e. The molecule has 182 valence electrons. The van der Waals surface area contributed by atoms with Crippen molar-refractivity contribution < 1.29 is 33.0 Å². The molecule has 0 unspecified atom stereocenters. The van der Waals surface area contributed by atoms with E-state index >= 15 is 0 Å². The lowest BCUT2D eigenvalue weighted by Crippen LogP contribution is -2.54. The maximum absolute atomic E-state index is 13.3. The number of nitrogens with one attached hydrogen (secondary N) is 2. The summed E-state index contributed by atoms with van der Waals surface area (Å²) in [5.41, 5.74) is 0.811. The van der Waals surface area contributed by atoms with Crippen molar-refractivity contribution in [2.24, 2.45) is 0 Å². The number of methoxy groups -OCH3 is 1. The van der Waals surface area contributed by atoms with E-state index in [4.69, 9.17) is 9.47 Å². The molecule has 5 amide bonds. The lowest BCUT2D eigenvalue weighted by atomic mass is 10.1. The highest BCUT2D eigenvalue weighted by Crippen LogP contribution is 2.23. The van der Waals surface area contributed by atoms with Crippen LogP contribution in [0.4, 0.5) is 20.6 Å². The highest BCUT2D eigenvalue weighted by molar-refractivity contribution is 6.39. The van der Waals surface area contributed by atoms with Crippen molar-refractivity contribution in [2.45, 2.75) is 0 Å². The Bertz CT molecular complexity index is 1350. The third kappa shape index (κ3) is 5.55. The number of nitrogens with zero attached hydrogens (tertiary/aromatic N) is 1. The summed E-state index contributed by atoms with van der Waals surface area (Å²) in [5.74, 6) is -1.67. The molecule has 3 aromatic carbocycles. The van der Waals surface area contributed by atoms with Crippen LogP contribution >= 0.6 is 0 Å². The Morgan fingerprint density at radius 2 is 1.72 bits per heavy atom. The van der Waals surface area contributed by atoms with Crippen molar-refractivity contribution in [3.63, 3.8) is 0 Å². The van der Waals surface area contributed by atoms with Crippen LogP contribution in [0.1, 0.15) is 5.56 Å². The number of carbonyl (C=O) groups excluding carboxylic acids is 4. The Kier molecular flexibility index (Phi) is 7.05. The first-order valence-corrected chi connectivity index (χ1v) is 10.7. The fourth-order valence-corrected chi connectivity index (χ4v) is 3.36. The average molecular weight is 489 g/mol. The molecule has 0 saturated carbocycles. The van der Waals surface area contributed by atoms with Crippen molar-refractivity contribution in [1.82, 2.24) is 5.32 Å². The van der Waals surface area contributed by atoms with E-state index in [9.17, 15) is 23.6 Å². The topological polar surface area (TPSA) is 114 Å². The van der Waals surface area contributed by atoms with Crippen LogP contribution < -0.4 is 25.0 Å². The molecule has 1 heterocycles. The van der Waals surface area contributed by atoms with Crippen LogP contribution in [-0.4, -0.2) is 37.5 Å². The fraction of sp³-hybridized carbons (Fsp3) is 0.0769. The van der Waals surface area contributed by atoms with Gasteiger partial charge in [0.25, 0.3) is 17.7 Å². The molecule has 1 fully saturated rings. The van der Waals surface area contributed by atoms with Gasteiger partial charge >= 0.3 is 6.03 Å². The monoisotopic (exact) mass is 489 g/mol. The van der Waals surface area contributed by atoms with Gasteiger partial charge in [-0.3, -0.25) is 19.7 Å². The van der Waals surface area contributed by atoms with E-state index in [0.29, 0.717) is 22.7 Å². The molecule has 0 spiro atoms. The van der Waals surface area contributed by atoms with Crippen molar-refractivity contribution >= 4 is 41.2 Å². The van der Waals surface area contributed by atoms with Gasteiger partial charge in [-0.2, -0.15) is 0 Å². The van der Waals surface area contributed by atoms with Crippen molar-refractivity contribution in [1.29, 1.82) is 0 Å². The summed E-state index contributed by atoms with van der Waals surface area (Å²) in [4.78, 5) is 50.5. The van der Waals surface area contributed by atoms with Gasteiger partial charge < -0.3 is 14.8 Å². The zero-order chi connectivity index (χ0) is 25.7. The molecule has 1 aliphatic heterocycles. The Balaban J connectivity index is 1.46. The van der Waals surface area contributed by atoms with Crippen LogP contribution in [0, 0.1) is 5.82 Å². The van der Waals surface area contributed by atoms with E-state index in [2.05, 4.69) is 10.6 Å². The number of barbiturate groups is 1. The minimum atomic E-state index is -0.936. The molecule has 2 N–H and O–H groups in total. The molecule has 36 heavy (non-hydrogen) atoms. The van der Waals surface area contributed by atoms with Gasteiger partial charge in [0, 0.05) is 5.69 Å². The number of ether oxygens (including phenoxy) is 2. The third-order valence-electron chi connectivity index (χ3n) is 5.10. The van der Waals surface area contributed by atoms with Crippen molar-refractivity contribution in [2.75, 3.05) is 23.9 Å². The van der Waals surface area contributed by atoms with Crippen LogP contribution in [0.2, 0.25) is 0 Å². The molecule has 10 heteroatoms. The minimum Gasteiger partial charge on any atom is -0.497 e. The van der Waals surface area contributed by atoms with Gasteiger partial charge in [0.2, 0.25) is 0 Å². The molecule has 0 aliphatic carbocycles. The lowest BCUT2D eigenvalue weighted by molar-refractivity contribution is -0.122. The van der Waals surface area contributed by atoms with Gasteiger partial charge in [0.05, 0.1) is 12.8 Å². The molecule has 3 aromatic rings. The molecular formula is C26H20FN3O6. The summed E-state index contributed by atoms with van der Waals surface area (Å²) in [6, 6.07) is 17.0. The summed E-state index contributed by atoms with van der Waals surface area (Å²) < 4.78 is 23.9. The zero-order valence-corrected chi connectivity index (χ0v) is 19.0. The molecule has 9 nitrogen and oxygen atoms in total. The highest BCUT2D eigenvalue weighted by atomic mass is 19.1. The fourth-order valence-electron chi connectivity index (χ4n) is 3.36. The van der Waals surface area contributed by atoms with Gasteiger partial charge in [-0.25, -0.2) is 14.1 Å². The molecule has 1 saturated heterocycles. The van der Waals surface area contributed by atoms with E-state index in [1.807, 2.05) is 0 Å². The number of anilines is 2. The minimum absolute atomic E-state index is 0.109. The number of halogens is 1. The zero-order valence-electron chi connectivity index (χ0n) is 19.0. The van der Waals surface area contributed by atoms with Crippen LogP contribution in [-0.2, 0) is 14.4 Å². The van der Waals surface area contributed by atoms with Gasteiger partial charge in [-0.15, -0.1) is 0 Å². The Hall–Kier alpha value is -4.99. The number of hydrogen-bond donors (Lipinski definition) is 2. The summed E-state index contributed by atoms with van der Waals surface area (Å²) in [5, 5.41) is 4.79. The quantitative estimate of drug-likeness (QED) is 0.388. The highest BCUT2D eigenvalue weighted by Gasteiger charge is 2.36. The summed E-state index contributed by atoms with van der Waals surface area (Å²) >= 11 is 0. The second-order valence-electron chi connectivity index (χ2n) is 7.57. The first-order chi connectivity index (χ1) is 17.3. The molecule has 0 aromatic heterocycles. The average Bonchev–Trinajstić information content (AvgIpc) is 2.87. The number of imide groups is 2. The molecule has 0 bridgehead atoms. The summed E-state index contributed by atoms with van der Waals surface area (Å²) in [6.45, 7) is -0.279. The Morgan fingerprint density at radius 3 is 2.42 bits per heavy atom. The SMILES string of the molecule is COc1ccc(NC(=O)COc2cccc(/C=C3\C(=O)NC(=O)N(c4ccc(F)cc4)C3=O)c2)cc1. The second kappa shape index (κ2) is 10.5. The number of carbonyl (C=O) groups is 4. The van der Waals surface area contributed by atoms with Crippen molar-refractivity contribution in [3.05, 3.63) is 89.8 Å². The van der Waals surface area contributed by atoms with E-state index in [1.54, 1.807) is 49.6 Å². The molecule has 0 radical (unpaired) electrons. The van der Waals surface area contributed by atoms with Gasteiger partial charge in [-0.1, -0.05) is 12.1 Å². The number of rotatable bonds is 7.